The molecule has 0 amide bonds. The van der Waals surface area contributed by atoms with E-state index >= 15 is 0 Å². The number of hydrogen-bond donors (Lipinski definition) is 0. The molecule has 4 atom stereocenters. The van der Waals surface area contributed by atoms with Crippen molar-refractivity contribution in [2.45, 2.75) is 51.9 Å². The van der Waals surface area contributed by atoms with Crippen LogP contribution in [0.25, 0.3) is 0 Å². The first kappa shape index (κ1) is 9.68. The lowest BCUT2D eigenvalue weighted by atomic mass is 9.58. The molecule has 0 N–H and O–H groups in total. The van der Waals surface area contributed by atoms with Crippen molar-refractivity contribution in [3.05, 3.63) is 0 Å². The third-order valence-electron chi connectivity index (χ3n) is 5.92. The van der Waals surface area contributed by atoms with Gasteiger partial charge in [0.1, 0.15) is 0 Å². The summed E-state index contributed by atoms with van der Waals surface area (Å²) < 4.78 is 0. The van der Waals surface area contributed by atoms with Crippen LogP contribution in [0.4, 0.5) is 0 Å². The lowest BCUT2D eigenvalue weighted by Crippen LogP contribution is -2.53. The molecule has 0 radical (unpaired) electrons. The van der Waals surface area contributed by atoms with E-state index in [0.717, 1.165) is 32.1 Å². The van der Waals surface area contributed by atoms with E-state index < -0.39 is 11.4 Å². The molecule has 3 aliphatic rings. The zero-order chi connectivity index (χ0) is 10.7. The van der Waals surface area contributed by atoms with E-state index in [1.165, 1.54) is 12.8 Å². The minimum atomic E-state index is -0.728. The molecule has 3 saturated carbocycles. The van der Waals surface area contributed by atoms with Gasteiger partial charge in [-0.3, -0.25) is 0 Å². The number of carboxylic acids is 1. The van der Waals surface area contributed by atoms with Crippen LogP contribution in [0.15, 0.2) is 0 Å². The normalized spacial score (nSPS) is 52.1. The smallest absolute Gasteiger partial charge is 0.0484 e. The second-order valence-electron chi connectivity index (χ2n) is 5.89. The van der Waals surface area contributed by atoms with Gasteiger partial charge in [0.25, 0.3) is 0 Å². The maximum atomic E-state index is 11.6. The average Bonchev–Trinajstić information content (AvgIpc) is 2.88. The summed E-state index contributed by atoms with van der Waals surface area (Å²) in [6.45, 7) is 2.17. The van der Waals surface area contributed by atoms with Crippen molar-refractivity contribution in [2.24, 2.45) is 22.7 Å². The van der Waals surface area contributed by atoms with Gasteiger partial charge in [0, 0.05) is 11.4 Å². The number of carboxylic acid groups (broad SMARTS) is 1. The zero-order valence-corrected chi connectivity index (χ0v) is 9.42. The van der Waals surface area contributed by atoms with Gasteiger partial charge in [-0.15, -0.1) is 0 Å². The van der Waals surface area contributed by atoms with Crippen LogP contribution < -0.4 is 5.11 Å². The number of hydrogen-bond acceptors (Lipinski definition) is 2. The van der Waals surface area contributed by atoms with Crippen LogP contribution >= 0.6 is 0 Å². The Bertz CT molecular complexity index is 312. The first-order valence-electron chi connectivity index (χ1n) is 6.38. The van der Waals surface area contributed by atoms with Crippen molar-refractivity contribution in [3.8, 4) is 0 Å². The molecule has 3 aliphatic carbocycles. The van der Waals surface area contributed by atoms with Crippen LogP contribution in [0, 0.1) is 22.7 Å². The summed E-state index contributed by atoms with van der Waals surface area (Å²) in [6, 6.07) is 0. The molecule has 84 valence electrons. The summed E-state index contributed by atoms with van der Waals surface area (Å²) in [5.74, 6) is 0.426. The van der Waals surface area contributed by atoms with E-state index in [-0.39, 0.29) is 5.41 Å². The molecular formula is C13H19O2-. The molecule has 0 saturated heterocycles. The summed E-state index contributed by atoms with van der Waals surface area (Å²) in [5, 5.41) is 11.6. The van der Waals surface area contributed by atoms with Crippen molar-refractivity contribution in [2.75, 3.05) is 0 Å². The fraction of sp³-hybridized carbons (Fsp3) is 0.923. The van der Waals surface area contributed by atoms with E-state index in [4.69, 9.17) is 0 Å². The van der Waals surface area contributed by atoms with Gasteiger partial charge in [-0.1, -0.05) is 13.3 Å². The molecule has 0 aliphatic heterocycles. The molecular weight excluding hydrogens is 188 g/mol. The van der Waals surface area contributed by atoms with E-state index in [1.807, 2.05) is 0 Å². The highest BCUT2D eigenvalue weighted by molar-refractivity contribution is 5.76. The minimum Gasteiger partial charge on any atom is -0.550 e. The summed E-state index contributed by atoms with van der Waals surface area (Å²) in [7, 11) is 0. The quantitative estimate of drug-likeness (QED) is 0.692. The van der Waals surface area contributed by atoms with Crippen molar-refractivity contribution < 1.29 is 9.90 Å². The molecule has 3 fully saturated rings. The number of rotatable bonds is 2. The first-order valence-corrected chi connectivity index (χ1v) is 6.38. The monoisotopic (exact) mass is 207 g/mol. The second kappa shape index (κ2) is 2.78. The molecule has 3 rings (SSSR count). The van der Waals surface area contributed by atoms with Crippen molar-refractivity contribution in [3.63, 3.8) is 0 Å². The fourth-order valence-corrected chi connectivity index (χ4v) is 5.35. The summed E-state index contributed by atoms with van der Waals surface area (Å²) in [6.07, 6.45) is 7.75. The third kappa shape index (κ3) is 0.857. The van der Waals surface area contributed by atoms with Crippen LogP contribution in [-0.4, -0.2) is 5.97 Å². The van der Waals surface area contributed by atoms with Crippen LogP contribution in [0.3, 0.4) is 0 Å². The van der Waals surface area contributed by atoms with Gasteiger partial charge >= 0.3 is 0 Å². The van der Waals surface area contributed by atoms with Crippen LogP contribution in [0.1, 0.15) is 51.9 Å². The maximum Gasteiger partial charge on any atom is 0.0484 e. The Morgan fingerprint density at radius 1 is 1.40 bits per heavy atom. The molecule has 0 spiro atoms. The number of carbonyl (C=O) groups is 1. The Labute approximate surface area is 91.1 Å². The van der Waals surface area contributed by atoms with Gasteiger partial charge in [-0.25, -0.2) is 0 Å². The van der Waals surface area contributed by atoms with Gasteiger partial charge in [-0.05, 0) is 55.8 Å². The van der Waals surface area contributed by atoms with Crippen LogP contribution in [0.5, 0.6) is 0 Å². The highest BCUT2D eigenvalue weighted by Gasteiger charge is 2.67. The van der Waals surface area contributed by atoms with Gasteiger partial charge < -0.3 is 9.90 Å². The SMILES string of the molecule is CCC12CCC(C1)C1CCCC12C(=O)[O-]. The van der Waals surface area contributed by atoms with E-state index in [0.29, 0.717) is 11.8 Å². The third-order valence-corrected chi connectivity index (χ3v) is 5.92. The lowest BCUT2D eigenvalue weighted by Gasteiger charge is -2.48. The zero-order valence-electron chi connectivity index (χ0n) is 9.42. The van der Waals surface area contributed by atoms with E-state index in [2.05, 4.69) is 6.92 Å². The van der Waals surface area contributed by atoms with E-state index in [1.54, 1.807) is 0 Å². The Kier molecular flexibility index (Phi) is 1.79. The molecule has 4 unspecified atom stereocenters. The number of aliphatic carboxylic acids is 1. The predicted molar refractivity (Wildman–Crippen MR) is 54.8 cm³/mol. The topological polar surface area (TPSA) is 40.1 Å². The number of carbonyl (C=O) groups excluding carboxylic acids is 1. The Morgan fingerprint density at radius 3 is 2.87 bits per heavy atom. The highest BCUT2D eigenvalue weighted by atomic mass is 16.4. The Morgan fingerprint density at radius 2 is 2.20 bits per heavy atom. The van der Waals surface area contributed by atoms with Crippen molar-refractivity contribution in [1.82, 2.24) is 0 Å². The molecule has 2 bridgehead atoms. The molecule has 0 aromatic heterocycles. The molecule has 0 aromatic rings. The molecule has 0 aromatic carbocycles. The second-order valence-corrected chi connectivity index (χ2v) is 5.89. The van der Waals surface area contributed by atoms with Gasteiger partial charge in [0.05, 0.1) is 0 Å². The predicted octanol–water partition coefficient (Wildman–Crippen LogP) is 1.73. The summed E-state index contributed by atoms with van der Waals surface area (Å²) in [5.41, 5.74) is -0.317. The molecule has 2 heteroatoms. The average molecular weight is 207 g/mol. The first-order chi connectivity index (χ1) is 7.16. The minimum absolute atomic E-state index is 0.109. The summed E-state index contributed by atoms with van der Waals surface area (Å²) >= 11 is 0. The summed E-state index contributed by atoms with van der Waals surface area (Å²) in [4.78, 5) is 11.6. The maximum absolute atomic E-state index is 11.6. The Hall–Kier alpha value is -0.530. The molecule has 0 heterocycles. The largest absolute Gasteiger partial charge is 0.550 e. The van der Waals surface area contributed by atoms with Crippen molar-refractivity contribution >= 4 is 5.97 Å². The Balaban J connectivity index is 2.11. The van der Waals surface area contributed by atoms with Gasteiger partial charge in [0.2, 0.25) is 0 Å². The van der Waals surface area contributed by atoms with Crippen molar-refractivity contribution in [1.29, 1.82) is 0 Å². The highest BCUT2D eigenvalue weighted by Crippen LogP contribution is 2.73. The standard InChI is InChI=1S/C13H20O2/c1-2-12-7-5-9(8-12)10-4-3-6-13(10,12)11(14)15/h9-10H,2-8H2,1H3,(H,14,15)/p-1. The van der Waals surface area contributed by atoms with Crippen LogP contribution in [-0.2, 0) is 4.79 Å². The van der Waals surface area contributed by atoms with Crippen LogP contribution in [0.2, 0.25) is 0 Å². The fourth-order valence-electron chi connectivity index (χ4n) is 5.35. The lowest BCUT2D eigenvalue weighted by molar-refractivity contribution is -0.327. The molecule has 15 heavy (non-hydrogen) atoms. The number of fused-ring (bicyclic) bond motifs is 5. The molecule has 2 nitrogen and oxygen atoms in total. The van der Waals surface area contributed by atoms with Gasteiger partial charge in [0.15, 0.2) is 0 Å². The van der Waals surface area contributed by atoms with Gasteiger partial charge in [-0.2, -0.15) is 0 Å². The van der Waals surface area contributed by atoms with E-state index in [9.17, 15) is 9.90 Å².